The normalized spacial score (nSPS) is 29.5. The molecule has 2 aromatic rings. The smallest absolute Gasteiger partial charge is 0.254 e. The molecule has 2 heterocycles. The SMILES string of the molecule is Cc1ccc2occ(/C=N/N3C(=O)C4C5C=CC(C5)C4C3=O)c(=O)c2c1. The monoisotopic (exact) mass is 348 g/mol. The quantitative estimate of drug-likeness (QED) is 0.474. The van der Waals surface area contributed by atoms with E-state index in [2.05, 4.69) is 5.10 Å². The lowest BCUT2D eigenvalue weighted by Crippen LogP contribution is -2.28. The van der Waals surface area contributed by atoms with Gasteiger partial charge in [-0.3, -0.25) is 14.4 Å². The predicted molar refractivity (Wildman–Crippen MR) is 94.4 cm³/mol. The Balaban J connectivity index is 1.49. The summed E-state index contributed by atoms with van der Waals surface area (Å²) in [6.45, 7) is 1.89. The fourth-order valence-electron chi connectivity index (χ4n) is 4.47. The van der Waals surface area contributed by atoms with E-state index in [4.69, 9.17) is 4.42 Å². The van der Waals surface area contributed by atoms with Crippen LogP contribution >= 0.6 is 0 Å². The van der Waals surface area contributed by atoms with Gasteiger partial charge in [-0.1, -0.05) is 23.8 Å². The molecule has 1 aliphatic heterocycles. The first-order valence-electron chi connectivity index (χ1n) is 8.67. The molecule has 26 heavy (non-hydrogen) atoms. The summed E-state index contributed by atoms with van der Waals surface area (Å²) in [6, 6.07) is 5.35. The largest absolute Gasteiger partial charge is 0.463 e. The number of nitrogens with zero attached hydrogens (tertiary/aromatic N) is 2. The van der Waals surface area contributed by atoms with E-state index in [0.717, 1.165) is 17.0 Å². The Bertz CT molecular complexity index is 1050. The third kappa shape index (κ3) is 1.98. The highest BCUT2D eigenvalue weighted by molar-refractivity contribution is 6.06. The van der Waals surface area contributed by atoms with Crippen molar-refractivity contribution in [3.05, 3.63) is 58.0 Å². The topological polar surface area (TPSA) is 80.0 Å². The maximum absolute atomic E-state index is 12.6. The van der Waals surface area contributed by atoms with Crippen molar-refractivity contribution < 1.29 is 14.0 Å². The summed E-state index contributed by atoms with van der Waals surface area (Å²) in [6.07, 6.45) is 7.49. The first kappa shape index (κ1) is 15.3. The molecule has 6 heteroatoms. The highest BCUT2D eigenvalue weighted by Crippen LogP contribution is 2.52. The van der Waals surface area contributed by atoms with Crippen molar-refractivity contribution in [2.24, 2.45) is 28.8 Å². The van der Waals surface area contributed by atoms with E-state index in [-0.39, 0.29) is 46.5 Å². The molecule has 3 aliphatic rings. The fourth-order valence-corrected chi connectivity index (χ4v) is 4.47. The van der Waals surface area contributed by atoms with E-state index in [1.807, 2.05) is 25.1 Å². The van der Waals surface area contributed by atoms with Crippen LogP contribution in [0.5, 0.6) is 0 Å². The van der Waals surface area contributed by atoms with Crippen molar-refractivity contribution in [3.63, 3.8) is 0 Å². The van der Waals surface area contributed by atoms with Gasteiger partial charge in [0, 0.05) is 0 Å². The first-order valence-corrected chi connectivity index (χ1v) is 8.67. The zero-order valence-electron chi connectivity index (χ0n) is 14.1. The Morgan fingerprint density at radius 2 is 1.81 bits per heavy atom. The van der Waals surface area contributed by atoms with Gasteiger partial charge in [0.25, 0.3) is 11.8 Å². The highest BCUT2D eigenvalue weighted by atomic mass is 16.3. The lowest BCUT2D eigenvalue weighted by Gasteiger charge is -2.13. The molecule has 6 nitrogen and oxygen atoms in total. The van der Waals surface area contributed by atoms with Crippen molar-refractivity contribution in [1.29, 1.82) is 0 Å². The minimum absolute atomic E-state index is 0.135. The van der Waals surface area contributed by atoms with Gasteiger partial charge in [-0.05, 0) is 37.3 Å². The molecule has 0 radical (unpaired) electrons. The number of fused-ring (bicyclic) bond motifs is 6. The number of benzene rings is 1. The maximum Gasteiger partial charge on any atom is 0.254 e. The molecule has 1 saturated carbocycles. The van der Waals surface area contributed by atoms with Crippen LogP contribution in [0.3, 0.4) is 0 Å². The third-order valence-corrected chi connectivity index (χ3v) is 5.71. The van der Waals surface area contributed by atoms with Gasteiger partial charge in [0.1, 0.15) is 11.8 Å². The Morgan fingerprint density at radius 3 is 2.50 bits per heavy atom. The Morgan fingerprint density at radius 1 is 1.12 bits per heavy atom. The average Bonchev–Trinajstić information content (AvgIpc) is 3.30. The summed E-state index contributed by atoms with van der Waals surface area (Å²) in [7, 11) is 0. The zero-order chi connectivity index (χ0) is 18.0. The van der Waals surface area contributed by atoms with Crippen LogP contribution in [-0.2, 0) is 9.59 Å². The fraction of sp³-hybridized carbons (Fsp3) is 0.300. The van der Waals surface area contributed by atoms with E-state index in [1.165, 1.54) is 12.5 Å². The van der Waals surface area contributed by atoms with Gasteiger partial charge in [0.15, 0.2) is 0 Å². The number of hydrogen-bond acceptors (Lipinski definition) is 5. The minimum atomic E-state index is -0.301. The molecule has 1 aromatic carbocycles. The molecule has 2 bridgehead atoms. The number of rotatable bonds is 2. The molecular formula is C20H16N2O4. The molecule has 2 fully saturated rings. The Labute approximate surface area is 148 Å². The van der Waals surface area contributed by atoms with E-state index in [1.54, 1.807) is 12.1 Å². The van der Waals surface area contributed by atoms with Crippen molar-refractivity contribution in [1.82, 2.24) is 5.01 Å². The van der Waals surface area contributed by atoms with Crippen molar-refractivity contribution in [2.75, 3.05) is 0 Å². The van der Waals surface area contributed by atoms with Crippen LogP contribution in [0.4, 0.5) is 0 Å². The second-order valence-electron chi connectivity index (χ2n) is 7.25. The summed E-state index contributed by atoms with van der Waals surface area (Å²) >= 11 is 0. The summed E-state index contributed by atoms with van der Waals surface area (Å²) in [5.74, 6) is -0.871. The predicted octanol–water partition coefficient (Wildman–Crippen LogP) is 2.24. The molecule has 0 N–H and O–H groups in total. The van der Waals surface area contributed by atoms with Gasteiger partial charge in [-0.2, -0.15) is 10.1 Å². The second kappa shape index (κ2) is 5.24. The summed E-state index contributed by atoms with van der Waals surface area (Å²) in [5.41, 5.74) is 1.41. The van der Waals surface area contributed by atoms with Gasteiger partial charge in [0.05, 0.1) is 29.0 Å². The molecule has 1 aromatic heterocycles. The highest BCUT2D eigenvalue weighted by Gasteiger charge is 2.59. The zero-order valence-corrected chi connectivity index (χ0v) is 14.1. The first-order chi connectivity index (χ1) is 12.5. The Kier molecular flexibility index (Phi) is 3.07. The number of allylic oxidation sites excluding steroid dienone is 2. The van der Waals surface area contributed by atoms with Crippen molar-refractivity contribution in [2.45, 2.75) is 13.3 Å². The van der Waals surface area contributed by atoms with Crippen LogP contribution in [-0.4, -0.2) is 23.0 Å². The molecule has 4 unspecified atom stereocenters. The van der Waals surface area contributed by atoms with Crippen LogP contribution in [0.2, 0.25) is 0 Å². The minimum Gasteiger partial charge on any atom is -0.463 e. The van der Waals surface area contributed by atoms with E-state index < -0.39 is 0 Å². The molecule has 1 saturated heterocycles. The van der Waals surface area contributed by atoms with E-state index >= 15 is 0 Å². The van der Waals surface area contributed by atoms with Crippen LogP contribution in [0.1, 0.15) is 17.5 Å². The molecule has 2 aliphatic carbocycles. The average molecular weight is 348 g/mol. The molecule has 5 rings (SSSR count). The van der Waals surface area contributed by atoms with Crippen molar-refractivity contribution in [3.8, 4) is 0 Å². The van der Waals surface area contributed by atoms with E-state index in [0.29, 0.717) is 11.0 Å². The van der Waals surface area contributed by atoms with Crippen LogP contribution in [0, 0.1) is 30.6 Å². The van der Waals surface area contributed by atoms with E-state index in [9.17, 15) is 14.4 Å². The summed E-state index contributed by atoms with van der Waals surface area (Å²) in [4.78, 5) is 37.8. The lowest BCUT2D eigenvalue weighted by atomic mass is 9.85. The molecule has 0 spiro atoms. The van der Waals surface area contributed by atoms with Gasteiger partial charge in [-0.25, -0.2) is 0 Å². The van der Waals surface area contributed by atoms with Gasteiger partial charge < -0.3 is 4.42 Å². The number of hydrazone groups is 1. The molecular weight excluding hydrogens is 332 g/mol. The number of carbonyl (C=O) groups is 2. The maximum atomic E-state index is 12.6. The van der Waals surface area contributed by atoms with Gasteiger partial charge >= 0.3 is 0 Å². The second-order valence-corrected chi connectivity index (χ2v) is 7.25. The number of hydrogen-bond donors (Lipinski definition) is 0. The number of carbonyl (C=O) groups excluding carboxylic acids is 2. The summed E-state index contributed by atoms with van der Waals surface area (Å²) < 4.78 is 5.48. The number of amides is 2. The van der Waals surface area contributed by atoms with Crippen LogP contribution < -0.4 is 5.43 Å². The third-order valence-electron chi connectivity index (χ3n) is 5.71. The lowest BCUT2D eigenvalue weighted by molar-refractivity contribution is -0.140. The van der Waals surface area contributed by atoms with Gasteiger partial charge in [0.2, 0.25) is 5.43 Å². The van der Waals surface area contributed by atoms with Gasteiger partial charge in [-0.15, -0.1) is 0 Å². The number of aryl methyl sites for hydroxylation is 1. The number of imide groups is 1. The van der Waals surface area contributed by atoms with Crippen LogP contribution in [0.25, 0.3) is 11.0 Å². The molecule has 2 amide bonds. The summed E-state index contributed by atoms with van der Waals surface area (Å²) in [5, 5.41) is 5.43. The van der Waals surface area contributed by atoms with Crippen molar-refractivity contribution >= 4 is 29.0 Å². The molecule has 130 valence electrons. The Hall–Kier alpha value is -3.02. The van der Waals surface area contributed by atoms with Crippen LogP contribution in [0.15, 0.2) is 50.9 Å². The molecule has 4 atom stereocenters. The standard InChI is InChI=1S/C20H16N2O4/c1-10-2-5-15-14(6-10)18(23)13(9-26-15)8-21-22-19(24)16-11-3-4-12(7-11)17(16)20(22)25/h2-6,8-9,11-12,16-17H,7H2,1H3/b21-8+.